The average Bonchev–Trinajstić information content (AvgIpc) is 2.29. The maximum atomic E-state index is 12.0. The van der Waals surface area contributed by atoms with Gasteiger partial charge in [0.05, 0.1) is 11.6 Å². The Labute approximate surface area is 112 Å². The number of rotatable bonds is 3. The summed E-state index contributed by atoms with van der Waals surface area (Å²) in [5.74, 6) is -1.34. The lowest BCUT2D eigenvalue weighted by Gasteiger charge is -2.26. The largest absolute Gasteiger partial charge is 0.478 e. The van der Waals surface area contributed by atoms with E-state index >= 15 is 0 Å². The summed E-state index contributed by atoms with van der Waals surface area (Å²) in [6, 6.07) is 4.08. The van der Waals surface area contributed by atoms with Gasteiger partial charge in [0, 0.05) is 5.69 Å². The molecule has 0 aromatic heterocycles. The van der Waals surface area contributed by atoms with Gasteiger partial charge in [-0.3, -0.25) is 4.79 Å². The molecule has 0 aliphatic carbocycles. The molecule has 1 atom stereocenters. The van der Waals surface area contributed by atoms with Gasteiger partial charge < -0.3 is 16.2 Å². The Morgan fingerprint density at radius 3 is 2.37 bits per heavy atom. The second-order valence-corrected chi connectivity index (χ2v) is 5.62. The molecule has 19 heavy (non-hydrogen) atoms. The number of hydrogen-bond acceptors (Lipinski definition) is 3. The van der Waals surface area contributed by atoms with E-state index in [1.807, 2.05) is 20.8 Å². The summed E-state index contributed by atoms with van der Waals surface area (Å²) in [5.41, 5.74) is 6.67. The second-order valence-electron chi connectivity index (χ2n) is 5.62. The molecule has 0 radical (unpaired) electrons. The summed E-state index contributed by atoms with van der Waals surface area (Å²) >= 11 is 0. The van der Waals surface area contributed by atoms with E-state index in [0.29, 0.717) is 11.3 Å². The maximum absolute atomic E-state index is 12.0. The van der Waals surface area contributed by atoms with Crippen molar-refractivity contribution in [1.82, 2.24) is 0 Å². The van der Waals surface area contributed by atoms with Crippen molar-refractivity contribution in [2.45, 2.75) is 33.7 Å². The molecule has 5 heteroatoms. The van der Waals surface area contributed by atoms with Crippen LogP contribution < -0.4 is 11.1 Å². The van der Waals surface area contributed by atoms with Gasteiger partial charge in [-0.15, -0.1) is 0 Å². The molecule has 5 nitrogen and oxygen atoms in total. The van der Waals surface area contributed by atoms with Crippen molar-refractivity contribution in [3.8, 4) is 0 Å². The Bertz CT molecular complexity index is 504. The summed E-state index contributed by atoms with van der Waals surface area (Å²) < 4.78 is 0. The molecule has 0 unspecified atom stereocenters. The molecule has 0 saturated carbocycles. The number of hydrogen-bond donors (Lipinski definition) is 3. The lowest BCUT2D eigenvalue weighted by atomic mass is 9.87. The smallest absolute Gasteiger partial charge is 0.336 e. The van der Waals surface area contributed by atoms with Crippen LogP contribution in [0.4, 0.5) is 5.69 Å². The fraction of sp³-hybridized carbons (Fsp3) is 0.429. The van der Waals surface area contributed by atoms with Gasteiger partial charge in [-0.25, -0.2) is 4.79 Å². The van der Waals surface area contributed by atoms with Crippen LogP contribution >= 0.6 is 0 Å². The van der Waals surface area contributed by atoms with E-state index in [0.717, 1.165) is 0 Å². The van der Waals surface area contributed by atoms with Gasteiger partial charge in [0.1, 0.15) is 0 Å². The molecule has 0 bridgehead atoms. The molecule has 1 amide bonds. The monoisotopic (exact) mass is 264 g/mol. The highest BCUT2D eigenvalue weighted by Crippen LogP contribution is 2.22. The van der Waals surface area contributed by atoms with E-state index in [-0.39, 0.29) is 16.9 Å². The Kier molecular flexibility index (Phi) is 4.32. The SMILES string of the molecule is Cc1c(NC(=O)[C@H](N)C(C)(C)C)cccc1C(=O)O. The van der Waals surface area contributed by atoms with Crippen LogP contribution in [0.2, 0.25) is 0 Å². The summed E-state index contributed by atoms with van der Waals surface area (Å²) in [6.07, 6.45) is 0. The van der Waals surface area contributed by atoms with Crippen LogP contribution in [0.3, 0.4) is 0 Å². The summed E-state index contributed by atoms with van der Waals surface area (Å²) in [4.78, 5) is 23.0. The van der Waals surface area contributed by atoms with Gasteiger partial charge in [0.25, 0.3) is 0 Å². The fourth-order valence-corrected chi connectivity index (χ4v) is 1.61. The molecule has 0 aliphatic rings. The van der Waals surface area contributed by atoms with Crippen LogP contribution in [-0.2, 0) is 4.79 Å². The third-order valence-corrected chi connectivity index (χ3v) is 3.04. The maximum Gasteiger partial charge on any atom is 0.336 e. The van der Waals surface area contributed by atoms with Crippen molar-refractivity contribution >= 4 is 17.6 Å². The number of nitrogens with two attached hydrogens (primary N) is 1. The van der Waals surface area contributed by atoms with Crippen LogP contribution in [0, 0.1) is 12.3 Å². The summed E-state index contributed by atoms with van der Waals surface area (Å²) in [6.45, 7) is 7.27. The zero-order valence-electron chi connectivity index (χ0n) is 11.7. The number of nitrogens with one attached hydrogen (secondary N) is 1. The van der Waals surface area contributed by atoms with E-state index in [2.05, 4.69) is 5.32 Å². The van der Waals surface area contributed by atoms with Gasteiger partial charge in [0.2, 0.25) is 5.91 Å². The molecule has 1 aromatic carbocycles. The second kappa shape index (κ2) is 5.40. The summed E-state index contributed by atoms with van der Waals surface area (Å²) in [5, 5.41) is 11.7. The van der Waals surface area contributed by atoms with E-state index in [4.69, 9.17) is 10.8 Å². The lowest BCUT2D eigenvalue weighted by Crippen LogP contribution is -2.45. The van der Waals surface area contributed by atoms with Gasteiger partial charge in [-0.05, 0) is 30.0 Å². The Morgan fingerprint density at radius 1 is 1.32 bits per heavy atom. The lowest BCUT2D eigenvalue weighted by molar-refractivity contribution is -0.119. The van der Waals surface area contributed by atoms with E-state index in [9.17, 15) is 9.59 Å². The van der Waals surface area contributed by atoms with E-state index in [1.54, 1.807) is 19.1 Å². The van der Waals surface area contributed by atoms with Gasteiger partial charge >= 0.3 is 5.97 Å². The highest BCUT2D eigenvalue weighted by Gasteiger charge is 2.27. The Morgan fingerprint density at radius 2 is 1.89 bits per heavy atom. The molecular formula is C14H20N2O3. The minimum Gasteiger partial charge on any atom is -0.478 e. The highest BCUT2D eigenvalue weighted by molar-refractivity contribution is 5.98. The number of amides is 1. The number of carboxylic acids is 1. The molecule has 0 aliphatic heterocycles. The molecule has 0 spiro atoms. The average molecular weight is 264 g/mol. The quantitative estimate of drug-likeness (QED) is 0.778. The normalized spacial score (nSPS) is 12.9. The number of benzene rings is 1. The van der Waals surface area contributed by atoms with Crippen LogP contribution in [0.15, 0.2) is 18.2 Å². The Hall–Kier alpha value is -1.88. The van der Waals surface area contributed by atoms with Gasteiger partial charge in [-0.1, -0.05) is 26.8 Å². The zero-order chi connectivity index (χ0) is 14.8. The molecule has 104 valence electrons. The third-order valence-electron chi connectivity index (χ3n) is 3.04. The van der Waals surface area contributed by atoms with E-state index < -0.39 is 12.0 Å². The standard InChI is InChI=1S/C14H20N2O3/c1-8-9(13(18)19)6-5-7-10(8)16-12(17)11(15)14(2,3)4/h5-7,11H,15H2,1-4H3,(H,16,17)(H,18,19)/t11-/m0/s1. The van der Waals surface area contributed by atoms with Crippen LogP contribution in [-0.4, -0.2) is 23.0 Å². The molecule has 0 fully saturated rings. The first kappa shape index (κ1) is 15.2. The van der Waals surface area contributed by atoms with Crippen LogP contribution in [0.25, 0.3) is 0 Å². The van der Waals surface area contributed by atoms with Crippen molar-refractivity contribution in [2.24, 2.45) is 11.1 Å². The van der Waals surface area contributed by atoms with Crippen molar-refractivity contribution in [3.63, 3.8) is 0 Å². The minimum atomic E-state index is -1.02. The number of carbonyl (C=O) groups is 2. The summed E-state index contributed by atoms with van der Waals surface area (Å²) in [7, 11) is 0. The molecule has 0 saturated heterocycles. The predicted octanol–water partition coefficient (Wildman–Crippen LogP) is 2.01. The first-order valence-corrected chi connectivity index (χ1v) is 6.04. The van der Waals surface area contributed by atoms with Crippen LogP contribution in [0.1, 0.15) is 36.7 Å². The first-order valence-electron chi connectivity index (χ1n) is 6.04. The molecule has 4 N–H and O–H groups in total. The van der Waals surface area contributed by atoms with Crippen molar-refractivity contribution < 1.29 is 14.7 Å². The molecule has 1 rings (SSSR count). The minimum absolute atomic E-state index is 0.169. The van der Waals surface area contributed by atoms with Crippen molar-refractivity contribution in [2.75, 3.05) is 5.32 Å². The Balaban J connectivity index is 2.98. The van der Waals surface area contributed by atoms with E-state index in [1.165, 1.54) is 6.07 Å². The van der Waals surface area contributed by atoms with Crippen molar-refractivity contribution in [1.29, 1.82) is 0 Å². The van der Waals surface area contributed by atoms with Crippen LogP contribution in [0.5, 0.6) is 0 Å². The number of carbonyl (C=O) groups excluding carboxylic acids is 1. The van der Waals surface area contributed by atoms with Gasteiger partial charge in [0.15, 0.2) is 0 Å². The number of carboxylic acid groups (broad SMARTS) is 1. The predicted molar refractivity (Wildman–Crippen MR) is 74.2 cm³/mol. The number of aromatic carboxylic acids is 1. The topological polar surface area (TPSA) is 92.4 Å². The first-order chi connectivity index (χ1) is 8.64. The highest BCUT2D eigenvalue weighted by atomic mass is 16.4. The fourth-order valence-electron chi connectivity index (χ4n) is 1.61. The van der Waals surface area contributed by atoms with Crippen molar-refractivity contribution in [3.05, 3.63) is 29.3 Å². The third kappa shape index (κ3) is 3.54. The zero-order valence-corrected chi connectivity index (χ0v) is 11.7. The molecule has 1 aromatic rings. The van der Waals surface area contributed by atoms with Gasteiger partial charge in [-0.2, -0.15) is 0 Å². The molecule has 0 heterocycles. The molecular weight excluding hydrogens is 244 g/mol. The number of anilines is 1.